The van der Waals surface area contributed by atoms with Crippen molar-refractivity contribution in [2.75, 3.05) is 0 Å². The van der Waals surface area contributed by atoms with Crippen LogP contribution in [-0.4, -0.2) is 5.11 Å². The van der Waals surface area contributed by atoms with Crippen LogP contribution in [0.5, 0.6) is 0 Å². The van der Waals surface area contributed by atoms with Crippen molar-refractivity contribution in [3.63, 3.8) is 0 Å². The summed E-state index contributed by atoms with van der Waals surface area (Å²) in [4.78, 5) is 0. The van der Waals surface area contributed by atoms with Gasteiger partial charge in [-0.3, -0.25) is 0 Å². The highest BCUT2D eigenvalue weighted by Gasteiger charge is 2.15. The van der Waals surface area contributed by atoms with E-state index in [0.29, 0.717) is 15.6 Å². The minimum absolute atomic E-state index is 0.153. The molecule has 0 aliphatic carbocycles. The molecule has 0 saturated carbocycles. The zero-order valence-corrected chi connectivity index (χ0v) is 12.0. The van der Waals surface area contributed by atoms with Gasteiger partial charge in [-0.05, 0) is 45.3 Å². The molecule has 0 bridgehead atoms. The Morgan fingerprint density at radius 2 is 1.95 bits per heavy atom. The van der Waals surface area contributed by atoms with E-state index in [1.165, 1.54) is 18.2 Å². The van der Waals surface area contributed by atoms with E-state index in [-0.39, 0.29) is 11.4 Å². The van der Waals surface area contributed by atoms with Gasteiger partial charge in [0.25, 0.3) is 0 Å². The van der Waals surface area contributed by atoms with E-state index in [2.05, 4.69) is 15.9 Å². The van der Waals surface area contributed by atoms with Crippen molar-refractivity contribution in [1.82, 2.24) is 0 Å². The molecule has 0 aromatic heterocycles. The van der Waals surface area contributed by atoms with Crippen LogP contribution in [0.4, 0.5) is 8.78 Å². The van der Waals surface area contributed by atoms with Crippen LogP contribution in [0.2, 0.25) is 5.02 Å². The monoisotopic (exact) mass is 346 g/mol. The van der Waals surface area contributed by atoms with Crippen LogP contribution in [0.1, 0.15) is 17.2 Å². The first-order valence-electron chi connectivity index (χ1n) is 5.55. The molecule has 100 valence electrons. The largest absolute Gasteiger partial charge is 0.388 e. The normalized spacial score (nSPS) is 12.5. The number of halogens is 4. The maximum Gasteiger partial charge on any atom is 0.137 e. The fraction of sp³-hybridized carbons (Fsp3) is 0.143. The highest BCUT2D eigenvalue weighted by Crippen LogP contribution is 2.29. The lowest BCUT2D eigenvalue weighted by molar-refractivity contribution is 0.178. The Hall–Kier alpha value is -0.970. The second-order valence-corrected chi connectivity index (χ2v) is 5.30. The van der Waals surface area contributed by atoms with E-state index >= 15 is 0 Å². The molecule has 5 heteroatoms. The number of hydrogen-bond acceptors (Lipinski definition) is 1. The van der Waals surface area contributed by atoms with Crippen molar-refractivity contribution >= 4 is 27.5 Å². The quantitative estimate of drug-likeness (QED) is 0.856. The number of rotatable bonds is 3. The van der Waals surface area contributed by atoms with Crippen LogP contribution in [-0.2, 0) is 6.42 Å². The van der Waals surface area contributed by atoms with Crippen LogP contribution in [0.25, 0.3) is 0 Å². The third-order valence-electron chi connectivity index (χ3n) is 2.77. The van der Waals surface area contributed by atoms with Crippen molar-refractivity contribution in [3.8, 4) is 0 Å². The van der Waals surface area contributed by atoms with Gasteiger partial charge in [-0.25, -0.2) is 8.78 Å². The minimum Gasteiger partial charge on any atom is -0.388 e. The third kappa shape index (κ3) is 3.32. The molecule has 0 heterocycles. The Kier molecular flexibility index (Phi) is 4.55. The maximum absolute atomic E-state index is 13.4. The van der Waals surface area contributed by atoms with Gasteiger partial charge in [0.05, 0.1) is 10.6 Å². The smallest absolute Gasteiger partial charge is 0.137 e. The fourth-order valence-corrected chi connectivity index (χ4v) is 2.52. The molecule has 1 N–H and O–H groups in total. The van der Waals surface area contributed by atoms with Gasteiger partial charge in [-0.1, -0.05) is 29.8 Å². The summed E-state index contributed by atoms with van der Waals surface area (Å²) in [7, 11) is 0. The van der Waals surface area contributed by atoms with Gasteiger partial charge < -0.3 is 5.11 Å². The Bertz CT molecular complexity index is 604. The first kappa shape index (κ1) is 14.4. The Labute approximate surface area is 123 Å². The first-order chi connectivity index (χ1) is 8.99. The molecular formula is C14H10BrClF2O. The predicted molar refractivity (Wildman–Crippen MR) is 74.2 cm³/mol. The maximum atomic E-state index is 13.4. The molecule has 19 heavy (non-hydrogen) atoms. The van der Waals surface area contributed by atoms with Crippen LogP contribution in [0, 0.1) is 11.6 Å². The summed E-state index contributed by atoms with van der Waals surface area (Å²) >= 11 is 9.01. The van der Waals surface area contributed by atoms with Gasteiger partial charge in [0.2, 0.25) is 0 Å². The average molecular weight is 348 g/mol. The van der Waals surface area contributed by atoms with E-state index in [0.717, 1.165) is 6.07 Å². The molecule has 1 atom stereocenters. The topological polar surface area (TPSA) is 20.2 Å². The number of aliphatic hydroxyl groups excluding tert-OH is 1. The number of hydrogen-bond donors (Lipinski definition) is 1. The van der Waals surface area contributed by atoms with E-state index in [4.69, 9.17) is 11.6 Å². The van der Waals surface area contributed by atoms with Crippen LogP contribution in [0.3, 0.4) is 0 Å². The molecule has 0 fully saturated rings. The van der Waals surface area contributed by atoms with Crippen LogP contribution >= 0.6 is 27.5 Å². The van der Waals surface area contributed by atoms with Crippen molar-refractivity contribution < 1.29 is 13.9 Å². The molecule has 2 rings (SSSR count). The molecule has 0 saturated heterocycles. The van der Waals surface area contributed by atoms with Gasteiger partial charge in [-0.15, -0.1) is 0 Å². The highest BCUT2D eigenvalue weighted by atomic mass is 79.9. The molecule has 0 aliphatic rings. The molecule has 2 aromatic carbocycles. The Morgan fingerprint density at radius 1 is 1.21 bits per heavy atom. The fourth-order valence-electron chi connectivity index (χ4n) is 1.80. The highest BCUT2D eigenvalue weighted by molar-refractivity contribution is 9.10. The lowest BCUT2D eigenvalue weighted by atomic mass is 10.0. The van der Waals surface area contributed by atoms with E-state index in [1.807, 2.05) is 0 Å². The Balaban J connectivity index is 2.25. The molecule has 0 radical (unpaired) electrons. The van der Waals surface area contributed by atoms with Gasteiger partial charge in [-0.2, -0.15) is 0 Å². The summed E-state index contributed by atoms with van der Waals surface area (Å²) in [6.07, 6.45) is -0.741. The lowest BCUT2D eigenvalue weighted by Crippen LogP contribution is -2.04. The van der Waals surface area contributed by atoms with Crippen molar-refractivity contribution in [2.45, 2.75) is 12.5 Å². The second kappa shape index (κ2) is 5.99. The summed E-state index contributed by atoms with van der Waals surface area (Å²) in [6, 6.07) is 8.38. The standard InChI is InChI=1S/C14H10BrClF2O/c15-14-8(2-1-3-12(14)18)6-13(19)10-5-4-9(17)7-11(10)16/h1-5,7,13,19H,6H2. The molecule has 0 amide bonds. The zero-order chi connectivity index (χ0) is 14.0. The summed E-state index contributed by atoms with van der Waals surface area (Å²) in [5.41, 5.74) is 1.03. The molecule has 0 aliphatic heterocycles. The van der Waals surface area contributed by atoms with Crippen molar-refractivity contribution in [3.05, 3.63) is 68.7 Å². The molecular weight excluding hydrogens is 338 g/mol. The number of aliphatic hydroxyl groups is 1. The van der Waals surface area contributed by atoms with E-state index < -0.39 is 17.7 Å². The average Bonchev–Trinajstić information content (AvgIpc) is 2.34. The Morgan fingerprint density at radius 3 is 2.63 bits per heavy atom. The van der Waals surface area contributed by atoms with Gasteiger partial charge in [0, 0.05) is 11.4 Å². The summed E-state index contributed by atoms with van der Waals surface area (Å²) in [6.45, 7) is 0. The van der Waals surface area contributed by atoms with Crippen molar-refractivity contribution in [2.24, 2.45) is 0 Å². The molecule has 1 nitrogen and oxygen atoms in total. The molecule has 2 aromatic rings. The van der Waals surface area contributed by atoms with Gasteiger partial charge in [0.1, 0.15) is 11.6 Å². The number of benzene rings is 2. The third-order valence-corrected chi connectivity index (χ3v) is 3.98. The first-order valence-corrected chi connectivity index (χ1v) is 6.72. The zero-order valence-electron chi connectivity index (χ0n) is 9.71. The predicted octanol–water partition coefficient (Wildman–Crippen LogP) is 4.66. The van der Waals surface area contributed by atoms with Gasteiger partial charge in [0.15, 0.2) is 0 Å². The summed E-state index contributed by atoms with van der Waals surface area (Å²) in [5, 5.41) is 10.3. The van der Waals surface area contributed by atoms with Crippen LogP contribution in [0.15, 0.2) is 40.9 Å². The van der Waals surface area contributed by atoms with Crippen LogP contribution < -0.4 is 0 Å². The van der Waals surface area contributed by atoms with Crippen molar-refractivity contribution in [1.29, 1.82) is 0 Å². The van der Waals surface area contributed by atoms with E-state index in [1.54, 1.807) is 12.1 Å². The summed E-state index contributed by atoms with van der Waals surface area (Å²) in [5.74, 6) is -0.859. The molecule has 0 spiro atoms. The second-order valence-electron chi connectivity index (χ2n) is 4.10. The summed E-state index contributed by atoms with van der Waals surface area (Å²) < 4.78 is 26.6. The van der Waals surface area contributed by atoms with E-state index in [9.17, 15) is 13.9 Å². The SMILES string of the molecule is OC(Cc1cccc(F)c1Br)c1ccc(F)cc1Cl. The lowest BCUT2D eigenvalue weighted by Gasteiger charge is -2.14. The molecule has 1 unspecified atom stereocenters. The van der Waals surface area contributed by atoms with Gasteiger partial charge >= 0.3 is 0 Å². The minimum atomic E-state index is -0.925.